The molecule has 4 fully saturated rings. The Kier molecular flexibility index (Phi) is 15.4. The maximum absolute atomic E-state index is 11.0. The topological polar surface area (TPSA) is 377 Å². The van der Waals surface area contributed by atoms with Crippen LogP contribution >= 0.6 is 0 Å². The van der Waals surface area contributed by atoms with E-state index in [1.54, 1.807) is 0 Å². The standard InChI is InChI=1S/C27H48O23/c28-1-7(32)5-43-24-21(42)17(38)23(50-27-19(40)15(36)13(34)9(3-30)46-27)11(48-24)6-44-25-20(41)16(37)22(10(4-31)47-25)49-26-18(39)14(35)12(33)8(2-29)45-26/h7-42H,1-6H2/t7?,8-,9-,10-,11-,12+,13+,14+,15+,16-,17-,18-,19-,20-,21-,22-,23-,24-,25-,26+,27+/m1/s1. The lowest BCUT2D eigenvalue weighted by atomic mass is 9.96. The molecule has 23 heteroatoms. The summed E-state index contributed by atoms with van der Waals surface area (Å²) in [6.07, 6.45) is -36.6. The van der Waals surface area contributed by atoms with E-state index in [2.05, 4.69) is 0 Å². The number of hydrogen-bond donors (Lipinski definition) is 15. The Hall–Kier alpha value is -0.920. The van der Waals surface area contributed by atoms with Gasteiger partial charge in [-0.25, -0.2) is 0 Å². The van der Waals surface area contributed by atoms with E-state index >= 15 is 0 Å². The first kappa shape index (κ1) is 41.8. The van der Waals surface area contributed by atoms with Gasteiger partial charge in [-0.1, -0.05) is 0 Å². The van der Waals surface area contributed by atoms with Crippen molar-refractivity contribution in [2.45, 2.75) is 129 Å². The number of rotatable bonds is 14. The molecule has 4 saturated heterocycles. The van der Waals surface area contributed by atoms with Gasteiger partial charge in [0.15, 0.2) is 25.2 Å². The minimum absolute atomic E-state index is 0.582. The molecular formula is C27H48O23. The summed E-state index contributed by atoms with van der Waals surface area (Å²) in [4.78, 5) is 0. The maximum atomic E-state index is 11.0. The molecule has 0 bridgehead atoms. The molecule has 15 N–H and O–H groups in total. The van der Waals surface area contributed by atoms with Gasteiger partial charge in [-0.3, -0.25) is 0 Å². The molecule has 294 valence electrons. The van der Waals surface area contributed by atoms with Crippen molar-refractivity contribution in [1.82, 2.24) is 0 Å². The molecule has 4 rings (SSSR count). The Morgan fingerprint density at radius 3 is 1.24 bits per heavy atom. The fourth-order valence-electron chi connectivity index (χ4n) is 5.82. The molecule has 23 nitrogen and oxygen atoms in total. The third-order valence-electron chi connectivity index (χ3n) is 8.83. The zero-order chi connectivity index (χ0) is 37.0. The molecule has 0 aliphatic carbocycles. The summed E-state index contributed by atoms with van der Waals surface area (Å²) in [5, 5.41) is 152. The Bertz CT molecular complexity index is 1010. The molecule has 0 aromatic heterocycles. The van der Waals surface area contributed by atoms with E-state index in [9.17, 15) is 71.5 Å². The van der Waals surface area contributed by atoms with E-state index in [-0.39, 0.29) is 0 Å². The van der Waals surface area contributed by atoms with Crippen molar-refractivity contribution in [3.05, 3.63) is 0 Å². The highest BCUT2D eigenvalue weighted by atomic mass is 16.8. The van der Waals surface area contributed by atoms with E-state index in [1.165, 1.54) is 0 Å². The van der Waals surface area contributed by atoms with E-state index in [1.807, 2.05) is 0 Å². The van der Waals surface area contributed by atoms with Crippen molar-refractivity contribution in [3.8, 4) is 0 Å². The van der Waals surface area contributed by atoms with Gasteiger partial charge in [0.25, 0.3) is 0 Å². The number of ether oxygens (including phenoxy) is 8. The zero-order valence-electron chi connectivity index (χ0n) is 26.3. The van der Waals surface area contributed by atoms with Gasteiger partial charge in [-0.15, -0.1) is 0 Å². The highest BCUT2D eigenvalue weighted by Gasteiger charge is 2.53. The quantitative estimate of drug-likeness (QED) is 0.0786. The monoisotopic (exact) mass is 740 g/mol. The predicted molar refractivity (Wildman–Crippen MR) is 151 cm³/mol. The molecule has 0 amide bonds. The van der Waals surface area contributed by atoms with Crippen molar-refractivity contribution < 1.29 is 114 Å². The molecule has 4 aliphatic heterocycles. The first-order valence-corrected chi connectivity index (χ1v) is 15.8. The second kappa shape index (κ2) is 18.4. The number of aliphatic hydroxyl groups is 15. The second-order valence-electron chi connectivity index (χ2n) is 12.3. The third-order valence-corrected chi connectivity index (χ3v) is 8.83. The van der Waals surface area contributed by atoms with E-state index in [4.69, 9.17) is 43.0 Å². The van der Waals surface area contributed by atoms with E-state index in [0.29, 0.717) is 0 Å². The summed E-state index contributed by atoms with van der Waals surface area (Å²) in [5.41, 5.74) is 0. The molecule has 0 aromatic rings. The van der Waals surface area contributed by atoms with Gasteiger partial charge in [0.2, 0.25) is 0 Å². The first-order valence-electron chi connectivity index (χ1n) is 15.8. The largest absolute Gasteiger partial charge is 0.394 e. The van der Waals surface area contributed by atoms with Crippen molar-refractivity contribution in [1.29, 1.82) is 0 Å². The van der Waals surface area contributed by atoms with Crippen LogP contribution in [-0.2, 0) is 37.9 Å². The minimum Gasteiger partial charge on any atom is -0.394 e. The number of hydrogen-bond acceptors (Lipinski definition) is 23. The van der Waals surface area contributed by atoms with Gasteiger partial charge in [-0.05, 0) is 0 Å². The average Bonchev–Trinajstić information content (AvgIpc) is 3.11. The SMILES string of the molecule is OCC(O)CO[C@@H]1O[C@H](CO[C@@H]2O[C@H](CO)[C@@H](O[C@@H]3O[C@H](CO)[C@H](O)[C@H](O)[C@H]3O)[C@H](O)[C@H]2O)[C@@H](O[C@@H]2O[C@H](CO)[C@H](O)[C@H](O)[C@H]2O)[C@H](O)[C@H]1O. The summed E-state index contributed by atoms with van der Waals surface area (Å²) >= 11 is 0. The average molecular weight is 741 g/mol. The zero-order valence-corrected chi connectivity index (χ0v) is 26.3. The van der Waals surface area contributed by atoms with Crippen molar-refractivity contribution in [2.75, 3.05) is 39.6 Å². The van der Waals surface area contributed by atoms with Gasteiger partial charge in [-0.2, -0.15) is 0 Å². The van der Waals surface area contributed by atoms with Crippen LogP contribution in [0.5, 0.6) is 0 Å². The smallest absolute Gasteiger partial charge is 0.187 e. The van der Waals surface area contributed by atoms with E-state index < -0.39 is 169 Å². The first-order chi connectivity index (χ1) is 23.7. The molecule has 0 spiro atoms. The summed E-state index contributed by atoms with van der Waals surface area (Å²) < 4.78 is 43.9. The molecule has 0 radical (unpaired) electrons. The van der Waals surface area contributed by atoms with Crippen LogP contribution in [0.3, 0.4) is 0 Å². The molecule has 1 unspecified atom stereocenters. The molecule has 0 saturated carbocycles. The lowest BCUT2D eigenvalue weighted by Crippen LogP contribution is -2.66. The Labute approximate surface area is 283 Å². The van der Waals surface area contributed by atoms with Crippen molar-refractivity contribution >= 4 is 0 Å². The summed E-state index contributed by atoms with van der Waals surface area (Å²) in [5.74, 6) is 0. The summed E-state index contributed by atoms with van der Waals surface area (Å²) in [6.45, 7) is -4.56. The van der Waals surface area contributed by atoms with Gasteiger partial charge >= 0.3 is 0 Å². The Morgan fingerprint density at radius 2 is 0.800 bits per heavy atom. The van der Waals surface area contributed by atoms with Crippen LogP contribution in [-0.4, -0.2) is 245 Å². The second-order valence-corrected chi connectivity index (χ2v) is 12.3. The van der Waals surface area contributed by atoms with Crippen LogP contribution in [0.25, 0.3) is 0 Å². The maximum Gasteiger partial charge on any atom is 0.187 e. The molecule has 21 atom stereocenters. The van der Waals surface area contributed by atoms with Crippen molar-refractivity contribution in [2.24, 2.45) is 0 Å². The molecule has 0 aromatic carbocycles. The fraction of sp³-hybridized carbons (Fsp3) is 1.00. The predicted octanol–water partition coefficient (Wildman–Crippen LogP) is -10.4. The normalized spacial score (nSPS) is 49.5. The summed E-state index contributed by atoms with van der Waals surface area (Å²) in [6, 6.07) is 0. The number of aliphatic hydroxyl groups excluding tert-OH is 15. The highest BCUT2D eigenvalue weighted by molar-refractivity contribution is 4.96. The minimum atomic E-state index is -1.98. The van der Waals surface area contributed by atoms with Crippen LogP contribution in [0, 0.1) is 0 Å². The van der Waals surface area contributed by atoms with Gasteiger partial charge in [0, 0.05) is 0 Å². The molecular weight excluding hydrogens is 692 g/mol. The van der Waals surface area contributed by atoms with Gasteiger partial charge < -0.3 is 114 Å². The van der Waals surface area contributed by atoms with Crippen LogP contribution in [0.1, 0.15) is 0 Å². The molecule has 50 heavy (non-hydrogen) atoms. The van der Waals surface area contributed by atoms with Crippen LogP contribution in [0.4, 0.5) is 0 Å². The van der Waals surface area contributed by atoms with Crippen LogP contribution < -0.4 is 0 Å². The van der Waals surface area contributed by atoms with E-state index in [0.717, 1.165) is 0 Å². The molecule has 4 heterocycles. The fourth-order valence-corrected chi connectivity index (χ4v) is 5.82. The lowest BCUT2D eigenvalue weighted by Gasteiger charge is -2.47. The molecule has 4 aliphatic rings. The highest BCUT2D eigenvalue weighted by Crippen LogP contribution is 2.33. The van der Waals surface area contributed by atoms with Crippen LogP contribution in [0.2, 0.25) is 0 Å². The van der Waals surface area contributed by atoms with Gasteiger partial charge in [0.05, 0.1) is 39.6 Å². The summed E-state index contributed by atoms with van der Waals surface area (Å²) in [7, 11) is 0. The van der Waals surface area contributed by atoms with Crippen LogP contribution in [0.15, 0.2) is 0 Å². The Morgan fingerprint density at radius 1 is 0.420 bits per heavy atom. The third kappa shape index (κ3) is 9.05. The Balaban J connectivity index is 1.48. The van der Waals surface area contributed by atoms with Gasteiger partial charge in [0.1, 0.15) is 104 Å². The lowest BCUT2D eigenvalue weighted by molar-refractivity contribution is -0.375. The van der Waals surface area contributed by atoms with Crippen molar-refractivity contribution in [3.63, 3.8) is 0 Å².